The predicted octanol–water partition coefficient (Wildman–Crippen LogP) is 2.30. The van der Waals surface area contributed by atoms with Crippen LogP contribution in [0.1, 0.15) is 6.42 Å². The highest BCUT2D eigenvalue weighted by Crippen LogP contribution is 2.17. The van der Waals surface area contributed by atoms with Crippen molar-refractivity contribution in [2.75, 3.05) is 18.1 Å². The maximum Gasteiger partial charge on any atom is 0.305 e. The molecule has 0 spiro atoms. The van der Waals surface area contributed by atoms with Gasteiger partial charge in [-0.1, -0.05) is 0 Å². The van der Waals surface area contributed by atoms with Gasteiger partial charge in [-0.2, -0.15) is 0 Å². The molecule has 3 nitrogen and oxygen atoms in total. The molecule has 14 heavy (non-hydrogen) atoms. The number of hydrogen-bond acceptors (Lipinski definition) is 3. The first-order chi connectivity index (χ1) is 6.72. The molecule has 0 aromatic heterocycles. The molecule has 1 rings (SSSR count). The maximum absolute atomic E-state index is 10.2. The highest BCUT2D eigenvalue weighted by atomic mass is 32.2. The molecule has 0 amide bonds. The summed E-state index contributed by atoms with van der Waals surface area (Å²) in [5.41, 5.74) is 0.962. The van der Waals surface area contributed by atoms with E-state index >= 15 is 0 Å². The molecule has 0 aliphatic carbocycles. The van der Waals surface area contributed by atoms with Gasteiger partial charge in [0, 0.05) is 17.1 Å². The number of hydrogen-bond donors (Lipinski definition) is 2. The number of carbonyl (C=O) groups is 1. The highest BCUT2D eigenvalue weighted by Gasteiger charge is 1.96. The SMILES string of the molecule is CSc1ccc(NCCC(=O)O)cc1. The van der Waals surface area contributed by atoms with Crippen molar-refractivity contribution in [1.29, 1.82) is 0 Å². The lowest BCUT2D eigenvalue weighted by Crippen LogP contribution is -2.07. The second kappa shape index (κ2) is 5.54. The van der Waals surface area contributed by atoms with Crippen LogP contribution < -0.4 is 5.32 Å². The molecule has 4 heteroatoms. The average molecular weight is 211 g/mol. The van der Waals surface area contributed by atoms with Gasteiger partial charge in [-0.05, 0) is 30.5 Å². The quantitative estimate of drug-likeness (QED) is 0.734. The number of aliphatic carboxylic acids is 1. The van der Waals surface area contributed by atoms with Crippen molar-refractivity contribution in [2.24, 2.45) is 0 Å². The molecule has 0 atom stereocenters. The molecule has 0 fully saturated rings. The van der Waals surface area contributed by atoms with Crippen LogP contribution in [0.2, 0.25) is 0 Å². The number of thioether (sulfide) groups is 1. The summed E-state index contributed by atoms with van der Waals surface area (Å²) in [5, 5.41) is 11.5. The second-order valence-corrected chi connectivity index (χ2v) is 3.68. The van der Waals surface area contributed by atoms with Crippen LogP contribution in [0.15, 0.2) is 29.2 Å². The fourth-order valence-electron chi connectivity index (χ4n) is 1.02. The summed E-state index contributed by atoms with van der Waals surface area (Å²) >= 11 is 1.68. The van der Waals surface area contributed by atoms with E-state index in [0.29, 0.717) is 6.54 Å². The molecule has 76 valence electrons. The number of carboxylic acids is 1. The molecule has 0 aliphatic rings. The van der Waals surface area contributed by atoms with E-state index in [2.05, 4.69) is 5.32 Å². The van der Waals surface area contributed by atoms with E-state index in [1.165, 1.54) is 4.90 Å². The highest BCUT2D eigenvalue weighted by molar-refractivity contribution is 7.98. The molecule has 0 saturated carbocycles. The summed E-state index contributed by atoms with van der Waals surface area (Å²) in [6.45, 7) is 0.466. The zero-order chi connectivity index (χ0) is 10.4. The Morgan fingerprint density at radius 3 is 2.57 bits per heavy atom. The Kier molecular flexibility index (Phi) is 4.32. The largest absolute Gasteiger partial charge is 0.481 e. The van der Waals surface area contributed by atoms with Gasteiger partial charge in [-0.25, -0.2) is 0 Å². The van der Waals surface area contributed by atoms with Crippen molar-refractivity contribution in [3.05, 3.63) is 24.3 Å². The molecule has 1 aromatic rings. The van der Waals surface area contributed by atoms with Crippen LogP contribution in [0.4, 0.5) is 5.69 Å². The number of anilines is 1. The van der Waals surface area contributed by atoms with Crippen molar-refractivity contribution in [3.8, 4) is 0 Å². The monoisotopic (exact) mass is 211 g/mol. The van der Waals surface area contributed by atoms with Gasteiger partial charge in [0.1, 0.15) is 0 Å². The Hall–Kier alpha value is -1.16. The smallest absolute Gasteiger partial charge is 0.305 e. The van der Waals surface area contributed by atoms with E-state index < -0.39 is 5.97 Å². The first-order valence-corrected chi connectivity index (χ1v) is 5.54. The third-order valence-corrected chi connectivity index (χ3v) is 2.50. The summed E-state index contributed by atoms with van der Waals surface area (Å²) in [6.07, 6.45) is 2.16. The molecule has 0 radical (unpaired) electrons. The van der Waals surface area contributed by atoms with E-state index in [-0.39, 0.29) is 6.42 Å². The van der Waals surface area contributed by atoms with E-state index in [9.17, 15) is 4.79 Å². The molecule has 1 aromatic carbocycles. The fourth-order valence-corrected chi connectivity index (χ4v) is 1.43. The van der Waals surface area contributed by atoms with E-state index in [4.69, 9.17) is 5.11 Å². The van der Waals surface area contributed by atoms with Gasteiger partial charge in [-0.3, -0.25) is 4.79 Å². The summed E-state index contributed by atoms with van der Waals surface area (Å²) in [5.74, 6) is -0.779. The lowest BCUT2D eigenvalue weighted by atomic mass is 10.3. The number of benzene rings is 1. The minimum atomic E-state index is -0.779. The van der Waals surface area contributed by atoms with Gasteiger partial charge < -0.3 is 10.4 Å². The molecular formula is C10H13NO2S. The average Bonchev–Trinajstić information content (AvgIpc) is 2.18. The normalized spacial score (nSPS) is 9.79. The lowest BCUT2D eigenvalue weighted by molar-refractivity contribution is -0.136. The van der Waals surface area contributed by atoms with E-state index in [1.807, 2.05) is 30.5 Å². The Morgan fingerprint density at radius 1 is 1.43 bits per heavy atom. The maximum atomic E-state index is 10.2. The third-order valence-electron chi connectivity index (χ3n) is 1.76. The van der Waals surface area contributed by atoms with Crippen LogP contribution in [-0.4, -0.2) is 23.9 Å². The van der Waals surface area contributed by atoms with Crippen molar-refractivity contribution >= 4 is 23.4 Å². The van der Waals surface area contributed by atoms with Crippen molar-refractivity contribution in [2.45, 2.75) is 11.3 Å². The van der Waals surface area contributed by atoms with Crippen molar-refractivity contribution < 1.29 is 9.90 Å². The van der Waals surface area contributed by atoms with Gasteiger partial charge in [0.15, 0.2) is 0 Å². The van der Waals surface area contributed by atoms with Gasteiger partial charge in [-0.15, -0.1) is 11.8 Å². The van der Waals surface area contributed by atoms with Crippen molar-refractivity contribution in [3.63, 3.8) is 0 Å². The minimum Gasteiger partial charge on any atom is -0.481 e. The molecule has 0 bridgehead atoms. The van der Waals surface area contributed by atoms with Gasteiger partial charge in [0.2, 0.25) is 0 Å². The Balaban J connectivity index is 2.40. The zero-order valence-electron chi connectivity index (χ0n) is 7.99. The Labute approximate surface area is 87.5 Å². The van der Waals surface area contributed by atoms with E-state index in [1.54, 1.807) is 11.8 Å². The van der Waals surface area contributed by atoms with Crippen LogP contribution in [0.3, 0.4) is 0 Å². The van der Waals surface area contributed by atoms with Gasteiger partial charge >= 0.3 is 5.97 Å². The lowest BCUT2D eigenvalue weighted by Gasteiger charge is -2.04. The summed E-state index contributed by atoms with van der Waals surface area (Å²) in [6, 6.07) is 7.92. The van der Waals surface area contributed by atoms with Crippen molar-refractivity contribution in [1.82, 2.24) is 0 Å². The van der Waals surface area contributed by atoms with Gasteiger partial charge in [0.05, 0.1) is 6.42 Å². The standard InChI is InChI=1S/C10H13NO2S/c1-14-9-4-2-8(3-5-9)11-7-6-10(12)13/h2-5,11H,6-7H2,1H3,(H,12,13). The van der Waals surface area contributed by atoms with Crippen LogP contribution in [0.5, 0.6) is 0 Å². The van der Waals surface area contributed by atoms with Crippen LogP contribution in [0.25, 0.3) is 0 Å². The summed E-state index contributed by atoms with van der Waals surface area (Å²) in [4.78, 5) is 11.4. The molecule has 0 saturated heterocycles. The molecule has 0 unspecified atom stereocenters. The van der Waals surface area contributed by atoms with E-state index in [0.717, 1.165) is 5.69 Å². The number of rotatable bonds is 5. The second-order valence-electron chi connectivity index (χ2n) is 2.80. The topological polar surface area (TPSA) is 49.3 Å². The molecular weight excluding hydrogens is 198 g/mol. The van der Waals surface area contributed by atoms with Crippen LogP contribution in [0, 0.1) is 0 Å². The fraction of sp³-hybridized carbons (Fsp3) is 0.300. The number of carboxylic acid groups (broad SMARTS) is 1. The van der Waals surface area contributed by atoms with Crippen LogP contribution >= 0.6 is 11.8 Å². The molecule has 0 aliphatic heterocycles. The Morgan fingerprint density at radius 2 is 2.07 bits per heavy atom. The third kappa shape index (κ3) is 3.70. The zero-order valence-corrected chi connectivity index (χ0v) is 8.80. The molecule has 2 N–H and O–H groups in total. The Bertz CT molecular complexity index is 297. The minimum absolute atomic E-state index is 0.143. The summed E-state index contributed by atoms with van der Waals surface area (Å²) < 4.78 is 0. The van der Waals surface area contributed by atoms with Gasteiger partial charge in [0.25, 0.3) is 0 Å². The predicted molar refractivity (Wildman–Crippen MR) is 59.0 cm³/mol. The number of nitrogens with one attached hydrogen (secondary N) is 1. The first-order valence-electron chi connectivity index (χ1n) is 4.32. The molecule has 0 heterocycles. The summed E-state index contributed by atoms with van der Waals surface area (Å²) in [7, 11) is 0. The van der Waals surface area contributed by atoms with Crippen LogP contribution in [-0.2, 0) is 4.79 Å². The first kappa shape index (κ1) is 10.9.